The van der Waals surface area contributed by atoms with E-state index in [9.17, 15) is 4.79 Å². The number of benzene rings is 2. The van der Waals surface area contributed by atoms with Gasteiger partial charge in [-0.05, 0) is 93.6 Å². The summed E-state index contributed by atoms with van der Waals surface area (Å²) < 4.78 is 8.16. The maximum atomic E-state index is 13.6. The number of rotatable bonds is 13. The number of H-pyrrole nitrogens is 1. The number of nitrogens with zero attached hydrogens (tertiary/aromatic N) is 5. The molecule has 1 atom stereocenters. The predicted octanol–water partition coefficient (Wildman–Crippen LogP) is 6.47. The lowest BCUT2D eigenvalue weighted by Crippen LogP contribution is -2.34. The maximum absolute atomic E-state index is 13.6. The van der Waals surface area contributed by atoms with E-state index in [1.165, 1.54) is 30.4 Å². The van der Waals surface area contributed by atoms with E-state index in [-0.39, 0.29) is 18.5 Å². The van der Waals surface area contributed by atoms with Crippen molar-refractivity contribution in [2.24, 2.45) is 11.3 Å². The van der Waals surface area contributed by atoms with E-state index in [4.69, 9.17) is 9.72 Å². The number of nitrogens with one attached hydrogen (secondary N) is 1. The number of aryl methyl sites for hydroxylation is 2. The topological polar surface area (TPSA) is 88.9 Å². The molecule has 0 saturated carbocycles. The van der Waals surface area contributed by atoms with E-state index >= 15 is 0 Å². The molecule has 1 N–H and O–H groups in total. The smallest absolute Gasteiger partial charge is 0.312 e. The van der Waals surface area contributed by atoms with Crippen LogP contribution in [0.2, 0.25) is 0 Å². The third-order valence-electron chi connectivity index (χ3n) is 9.33. The molecule has 1 unspecified atom stereocenters. The van der Waals surface area contributed by atoms with Gasteiger partial charge in [0.2, 0.25) is 0 Å². The highest BCUT2D eigenvalue weighted by Gasteiger charge is 2.39. The lowest BCUT2D eigenvalue weighted by molar-refractivity contribution is -0.156. The Labute approximate surface area is 255 Å². The minimum Gasteiger partial charge on any atom is -0.460 e. The van der Waals surface area contributed by atoms with Crippen molar-refractivity contribution in [2.75, 3.05) is 13.1 Å². The van der Waals surface area contributed by atoms with Crippen molar-refractivity contribution < 1.29 is 9.53 Å². The Hall–Kier alpha value is -3.78. The average molecular weight is 583 g/mol. The molecule has 2 aromatic carbocycles. The number of carbonyl (C=O) groups excluding carboxylic acids is 1. The van der Waals surface area contributed by atoms with Gasteiger partial charge in [0.1, 0.15) is 12.4 Å². The van der Waals surface area contributed by atoms with Gasteiger partial charge in [0.05, 0.1) is 23.9 Å². The molecule has 5 rings (SSSR count). The standard InChI is InChI=1S/C35H46N6O2/c1-5-27-15-18-40(19-16-27)24-33-36-17-20-41(33)23-30-21-29(12-11-26(30)2)32(14-13-31-22-37-39-38-31)35(3,4)34(42)43-25-28-9-7-6-8-10-28/h6-12,17,20-22,27,32H,5,13-16,18-19,23-25H2,1-4H3,(H,37,38,39). The molecule has 1 aliphatic rings. The van der Waals surface area contributed by atoms with Crippen LogP contribution in [0.3, 0.4) is 0 Å². The fourth-order valence-corrected chi connectivity index (χ4v) is 6.28. The second-order valence-corrected chi connectivity index (χ2v) is 12.6. The molecule has 0 bridgehead atoms. The molecular weight excluding hydrogens is 536 g/mol. The average Bonchev–Trinajstić information content (AvgIpc) is 3.70. The van der Waals surface area contributed by atoms with Crippen molar-refractivity contribution in [3.63, 3.8) is 0 Å². The predicted molar refractivity (Wildman–Crippen MR) is 168 cm³/mol. The Morgan fingerprint density at radius 1 is 1.12 bits per heavy atom. The van der Waals surface area contributed by atoms with E-state index < -0.39 is 5.41 Å². The number of likely N-dealkylation sites (tertiary alicyclic amines) is 1. The quantitative estimate of drug-likeness (QED) is 0.182. The highest BCUT2D eigenvalue weighted by atomic mass is 16.5. The van der Waals surface area contributed by atoms with Gasteiger partial charge in [-0.1, -0.05) is 61.9 Å². The molecule has 0 radical (unpaired) electrons. The van der Waals surface area contributed by atoms with Crippen LogP contribution in [0, 0.1) is 18.3 Å². The molecule has 8 heteroatoms. The van der Waals surface area contributed by atoms with Crippen LogP contribution in [-0.4, -0.2) is 48.9 Å². The molecule has 0 amide bonds. The number of ether oxygens (including phenoxy) is 1. The minimum atomic E-state index is -0.754. The summed E-state index contributed by atoms with van der Waals surface area (Å²) >= 11 is 0. The van der Waals surface area contributed by atoms with Crippen molar-refractivity contribution in [3.05, 3.63) is 101 Å². The first kappa shape index (κ1) is 30.7. The highest BCUT2D eigenvalue weighted by Crippen LogP contribution is 2.41. The maximum Gasteiger partial charge on any atom is 0.312 e. The summed E-state index contributed by atoms with van der Waals surface area (Å²) in [4.78, 5) is 20.9. The van der Waals surface area contributed by atoms with Crippen LogP contribution in [-0.2, 0) is 35.6 Å². The molecular formula is C35H46N6O2. The first-order valence-electron chi connectivity index (χ1n) is 15.7. The number of imidazole rings is 1. The number of hydrogen-bond donors (Lipinski definition) is 1. The Morgan fingerprint density at radius 3 is 2.63 bits per heavy atom. The summed E-state index contributed by atoms with van der Waals surface area (Å²) in [6.07, 6.45) is 11.0. The summed E-state index contributed by atoms with van der Waals surface area (Å²) in [5.74, 6) is 1.69. The van der Waals surface area contributed by atoms with Gasteiger partial charge in [0, 0.05) is 18.9 Å². The SMILES string of the molecule is CCC1CCN(Cc2nccn2Cc2cc(C(CCc3cn[nH]n3)C(C)(C)C(=O)OCc3ccccc3)ccc2C)CC1. The zero-order valence-electron chi connectivity index (χ0n) is 26.1. The van der Waals surface area contributed by atoms with Gasteiger partial charge in [0.15, 0.2) is 0 Å². The lowest BCUT2D eigenvalue weighted by atomic mass is 9.72. The van der Waals surface area contributed by atoms with E-state index in [0.717, 1.165) is 61.2 Å². The Kier molecular flexibility index (Phi) is 10.1. The number of esters is 1. The molecule has 43 heavy (non-hydrogen) atoms. The molecule has 8 nitrogen and oxygen atoms in total. The van der Waals surface area contributed by atoms with Gasteiger partial charge in [0.25, 0.3) is 0 Å². The zero-order chi connectivity index (χ0) is 30.2. The molecule has 4 aromatic rings. The van der Waals surface area contributed by atoms with Crippen molar-refractivity contribution in [1.82, 2.24) is 29.9 Å². The first-order valence-corrected chi connectivity index (χ1v) is 15.7. The number of carbonyl (C=O) groups is 1. The molecule has 3 heterocycles. The molecule has 228 valence electrons. The third kappa shape index (κ3) is 7.79. The highest BCUT2D eigenvalue weighted by molar-refractivity contribution is 5.77. The van der Waals surface area contributed by atoms with E-state index in [2.05, 4.69) is 63.1 Å². The van der Waals surface area contributed by atoms with Crippen LogP contribution in [0.4, 0.5) is 0 Å². The molecule has 0 spiro atoms. The normalized spacial score (nSPS) is 15.4. The Balaban J connectivity index is 1.35. The van der Waals surface area contributed by atoms with Gasteiger partial charge in [-0.2, -0.15) is 15.4 Å². The number of aromatic nitrogens is 5. The minimum absolute atomic E-state index is 0.0751. The van der Waals surface area contributed by atoms with E-state index in [1.807, 2.05) is 50.4 Å². The summed E-state index contributed by atoms with van der Waals surface area (Å²) in [6.45, 7) is 12.6. The zero-order valence-corrected chi connectivity index (χ0v) is 26.1. The molecule has 1 fully saturated rings. The van der Waals surface area contributed by atoms with Crippen LogP contribution in [0.25, 0.3) is 0 Å². The molecule has 1 saturated heterocycles. The fraction of sp³-hybridized carbons (Fsp3) is 0.486. The molecule has 1 aliphatic heterocycles. The summed E-state index contributed by atoms with van der Waals surface area (Å²) in [6, 6.07) is 16.5. The van der Waals surface area contributed by atoms with Crippen LogP contribution in [0.1, 0.15) is 86.1 Å². The van der Waals surface area contributed by atoms with Crippen LogP contribution in [0.15, 0.2) is 67.1 Å². The van der Waals surface area contributed by atoms with E-state index in [0.29, 0.717) is 6.42 Å². The van der Waals surface area contributed by atoms with Crippen molar-refractivity contribution in [2.45, 2.75) is 85.4 Å². The largest absolute Gasteiger partial charge is 0.460 e. The molecule has 0 aliphatic carbocycles. The van der Waals surface area contributed by atoms with Gasteiger partial charge in [-0.25, -0.2) is 4.98 Å². The third-order valence-corrected chi connectivity index (χ3v) is 9.33. The second-order valence-electron chi connectivity index (χ2n) is 12.6. The number of hydrogen-bond acceptors (Lipinski definition) is 6. The van der Waals surface area contributed by atoms with E-state index in [1.54, 1.807) is 6.20 Å². The summed E-state index contributed by atoms with van der Waals surface area (Å²) in [5, 5.41) is 11.0. The first-order chi connectivity index (χ1) is 20.8. The number of aromatic amines is 1. The van der Waals surface area contributed by atoms with Gasteiger partial charge < -0.3 is 9.30 Å². The van der Waals surface area contributed by atoms with Gasteiger partial charge in [-0.15, -0.1) is 0 Å². The molecule has 2 aromatic heterocycles. The van der Waals surface area contributed by atoms with Crippen molar-refractivity contribution in [3.8, 4) is 0 Å². The van der Waals surface area contributed by atoms with Crippen LogP contribution < -0.4 is 0 Å². The van der Waals surface area contributed by atoms with Gasteiger partial charge >= 0.3 is 5.97 Å². The van der Waals surface area contributed by atoms with Gasteiger partial charge in [-0.3, -0.25) is 9.69 Å². The van der Waals surface area contributed by atoms with Crippen molar-refractivity contribution in [1.29, 1.82) is 0 Å². The number of piperidine rings is 1. The fourth-order valence-electron chi connectivity index (χ4n) is 6.28. The van der Waals surface area contributed by atoms with Crippen molar-refractivity contribution >= 4 is 5.97 Å². The Morgan fingerprint density at radius 2 is 1.91 bits per heavy atom. The summed E-state index contributed by atoms with van der Waals surface area (Å²) in [5.41, 5.74) is 4.71. The van der Waals surface area contributed by atoms with Crippen LogP contribution >= 0.6 is 0 Å². The summed E-state index contributed by atoms with van der Waals surface area (Å²) in [7, 11) is 0. The van der Waals surface area contributed by atoms with Crippen LogP contribution in [0.5, 0.6) is 0 Å². The Bertz CT molecular complexity index is 1440. The second kappa shape index (κ2) is 14.1. The monoisotopic (exact) mass is 582 g/mol. The lowest BCUT2D eigenvalue weighted by Gasteiger charge is -2.33.